The number of guanidine groups is 1. The monoisotopic (exact) mass is 390 g/mol. The second-order valence-corrected chi connectivity index (χ2v) is 7.02. The predicted octanol–water partition coefficient (Wildman–Crippen LogP) is 2.36. The number of nitrogens with zero attached hydrogens (tertiary/aromatic N) is 4. The van der Waals surface area contributed by atoms with Gasteiger partial charge >= 0.3 is 0 Å². The summed E-state index contributed by atoms with van der Waals surface area (Å²) in [5, 5.41) is 14.8. The SMILES string of the molecule is CCNC(=NCc1nncn1C)NCC1(c2ccccc2Br)CC1. The minimum Gasteiger partial charge on any atom is -0.357 e. The second kappa shape index (κ2) is 7.34. The zero-order valence-corrected chi connectivity index (χ0v) is 15.7. The molecule has 1 aromatic carbocycles. The van der Waals surface area contributed by atoms with Crippen LogP contribution in [0.25, 0.3) is 0 Å². The van der Waals surface area contributed by atoms with Crippen molar-refractivity contribution in [1.29, 1.82) is 0 Å². The highest BCUT2D eigenvalue weighted by molar-refractivity contribution is 9.10. The van der Waals surface area contributed by atoms with Crippen molar-refractivity contribution >= 4 is 21.9 Å². The molecule has 1 heterocycles. The Balaban J connectivity index is 1.66. The van der Waals surface area contributed by atoms with E-state index in [-0.39, 0.29) is 5.41 Å². The molecule has 1 aromatic heterocycles. The van der Waals surface area contributed by atoms with E-state index in [9.17, 15) is 0 Å². The van der Waals surface area contributed by atoms with Gasteiger partial charge < -0.3 is 15.2 Å². The molecule has 24 heavy (non-hydrogen) atoms. The fourth-order valence-electron chi connectivity index (χ4n) is 2.78. The Bertz CT molecular complexity index is 719. The van der Waals surface area contributed by atoms with Gasteiger partial charge in [-0.2, -0.15) is 0 Å². The van der Waals surface area contributed by atoms with Crippen molar-refractivity contribution < 1.29 is 0 Å². The van der Waals surface area contributed by atoms with Crippen LogP contribution in [0.15, 0.2) is 40.1 Å². The lowest BCUT2D eigenvalue weighted by atomic mass is 9.96. The molecule has 0 radical (unpaired) electrons. The van der Waals surface area contributed by atoms with Crippen molar-refractivity contribution in [2.24, 2.45) is 12.0 Å². The van der Waals surface area contributed by atoms with Crippen LogP contribution >= 0.6 is 15.9 Å². The average Bonchev–Trinajstić information content (AvgIpc) is 3.26. The molecule has 0 atom stereocenters. The first kappa shape index (κ1) is 17.0. The molecule has 0 saturated heterocycles. The Labute approximate surface area is 150 Å². The minimum atomic E-state index is 0.209. The van der Waals surface area contributed by atoms with Crippen LogP contribution in [0.4, 0.5) is 0 Å². The fraction of sp³-hybridized carbons (Fsp3) is 0.471. The lowest BCUT2D eigenvalue weighted by molar-refractivity contribution is 0.642. The van der Waals surface area contributed by atoms with Gasteiger partial charge in [-0.3, -0.25) is 0 Å². The van der Waals surface area contributed by atoms with E-state index in [1.165, 1.54) is 22.9 Å². The summed E-state index contributed by atoms with van der Waals surface area (Å²) >= 11 is 3.68. The van der Waals surface area contributed by atoms with Crippen LogP contribution in [0.1, 0.15) is 31.2 Å². The summed E-state index contributed by atoms with van der Waals surface area (Å²) < 4.78 is 3.07. The highest BCUT2D eigenvalue weighted by atomic mass is 79.9. The van der Waals surface area contributed by atoms with E-state index in [2.05, 4.69) is 72.9 Å². The highest BCUT2D eigenvalue weighted by Gasteiger charge is 2.45. The van der Waals surface area contributed by atoms with Gasteiger partial charge in [-0.1, -0.05) is 34.1 Å². The van der Waals surface area contributed by atoms with E-state index in [0.29, 0.717) is 6.54 Å². The van der Waals surface area contributed by atoms with Gasteiger partial charge in [0.2, 0.25) is 0 Å². The van der Waals surface area contributed by atoms with Crippen molar-refractivity contribution in [1.82, 2.24) is 25.4 Å². The Morgan fingerprint density at radius 1 is 1.33 bits per heavy atom. The lowest BCUT2D eigenvalue weighted by Gasteiger charge is -2.20. The number of nitrogens with one attached hydrogen (secondary N) is 2. The quantitative estimate of drug-likeness (QED) is 0.586. The summed E-state index contributed by atoms with van der Waals surface area (Å²) in [4.78, 5) is 4.62. The zero-order valence-electron chi connectivity index (χ0n) is 14.1. The van der Waals surface area contributed by atoms with Gasteiger partial charge in [0.25, 0.3) is 0 Å². The largest absolute Gasteiger partial charge is 0.357 e. The first-order chi connectivity index (χ1) is 11.6. The number of aliphatic imine (C=N–C) groups is 1. The fourth-order valence-corrected chi connectivity index (χ4v) is 3.48. The smallest absolute Gasteiger partial charge is 0.191 e. The molecule has 128 valence electrons. The van der Waals surface area contributed by atoms with Crippen LogP contribution in [0.5, 0.6) is 0 Å². The van der Waals surface area contributed by atoms with Crippen molar-refractivity contribution in [2.45, 2.75) is 31.7 Å². The van der Waals surface area contributed by atoms with Gasteiger partial charge in [-0.15, -0.1) is 10.2 Å². The maximum Gasteiger partial charge on any atom is 0.191 e. The van der Waals surface area contributed by atoms with Gasteiger partial charge in [-0.25, -0.2) is 4.99 Å². The molecule has 3 rings (SSSR count). The molecule has 2 N–H and O–H groups in total. The molecule has 2 aromatic rings. The lowest BCUT2D eigenvalue weighted by Crippen LogP contribution is -2.41. The van der Waals surface area contributed by atoms with Crippen LogP contribution in [-0.2, 0) is 19.0 Å². The van der Waals surface area contributed by atoms with Crippen molar-refractivity contribution in [2.75, 3.05) is 13.1 Å². The molecular formula is C17H23BrN6. The third-order valence-electron chi connectivity index (χ3n) is 4.42. The van der Waals surface area contributed by atoms with Crippen molar-refractivity contribution in [3.63, 3.8) is 0 Å². The van der Waals surface area contributed by atoms with Crippen LogP contribution < -0.4 is 10.6 Å². The van der Waals surface area contributed by atoms with Gasteiger partial charge in [-0.05, 0) is 31.4 Å². The number of hydrogen-bond acceptors (Lipinski definition) is 3. The van der Waals surface area contributed by atoms with E-state index in [1.54, 1.807) is 6.33 Å². The number of benzene rings is 1. The van der Waals surface area contributed by atoms with E-state index < -0.39 is 0 Å². The van der Waals surface area contributed by atoms with Crippen molar-refractivity contribution in [3.05, 3.63) is 46.5 Å². The van der Waals surface area contributed by atoms with E-state index >= 15 is 0 Å². The number of aryl methyl sites for hydroxylation is 1. The van der Waals surface area contributed by atoms with Gasteiger partial charge in [0, 0.05) is 30.0 Å². The van der Waals surface area contributed by atoms with Crippen LogP contribution in [0, 0.1) is 0 Å². The molecule has 0 spiro atoms. The van der Waals surface area contributed by atoms with E-state index in [4.69, 9.17) is 0 Å². The van der Waals surface area contributed by atoms with Crippen LogP contribution in [-0.4, -0.2) is 33.8 Å². The molecule has 0 unspecified atom stereocenters. The highest BCUT2D eigenvalue weighted by Crippen LogP contribution is 2.49. The van der Waals surface area contributed by atoms with Crippen LogP contribution in [0.3, 0.4) is 0 Å². The third-order valence-corrected chi connectivity index (χ3v) is 5.11. The van der Waals surface area contributed by atoms with Gasteiger partial charge in [0.15, 0.2) is 11.8 Å². The molecular weight excluding hydrogens is 368 g/mol. The number of rotatable bonds is 6. The van der Waals surface area contributed by atoms with Gasteiger partial charge in [0.1, 0.15) is 12.9 Å². The molecule has 1 saturated carbocycles. The average molecular weight is 391 g/mol. The Kier molecular flexibility index (Phi) is 5.18. The predicted molar refractivity (Wildman–Crippen MR) is 98.9 cm³/mol. The zero-order chi connectivity index (χ0) is 17.0. The maximum atomic E-state index is 4.62. The van der Waals surface area contributed by atoms with Crippen molar-refractivity contribution in [3.8, 4) is 0 Å². The summed E-state index contributed by atoms with van der Waals surface area (Å²) in [5.41, 5.74) is 1.59. The first-order valence-electron chi connectivity index (χ1n) is 8.25. The normalized spacial score (nSPS) is 16.0. The summed E-state index contributed by atoms with van der Waals surface area (Å²) in [5.74, 6) is 1.66. The molecule has 1 aliphatic rings. The van der Waals surface area contributed by atoms with Crippen LogP contribution in [0.2, 0.25) is 0 Å². The summed E-state index contributed by atoms with van der Waals surface area (Å²) in [6, 6.07) is 8.49. The summed E-state index contributed by atoms with van der Waals surface area (Å²) in [6.07, 6.45) is 4.09. The number of halogens is 1. The van der Waals surface area contributed by atoms with E-state index in [1.807, 2.05) is 11.6 Å². The molecule has 0 bridgehead atoms. The Morgan fingerprint density at radius 3 is 2.75 bits per heavy atom. The molecule has 0 aliphatic heterocycles. The molecule has 6 nitrogen and oxygen atoms in total. The molecule has 0 amide bonds. The van der Waals surface area contributed by atoms with E-state index in [0.717, 1.165) is 24.9 Å². The Hall–Kier alpha value is -1.89. The number of hydrogen-bond donors (Lipinski definition) is 2. The summed E-state index contributed by atoms with van der Waals surface area (Å²) in [7, 11) is 1.93. The topological polar surface area (TPSA) is 67.1 Å². The standard InChI is InChI=1S/C17H23BrN6/c1-3-19-16(20-10-15-23-22-12-24(15)2)21-11-17(8-9-17)13-6-4-5-7-14(13)18/h4-7,12H,3,8-11H2,1-2H3,(H2,19,20,21). The molecule has 1 aliphatic carbocycles. The second-order valence-electron chi connectivity index (χ2n) is 6.17. The van der Waals surface area contributed by atoms with Gasteiger partial charge in [0.05, 0.1) is 0 Å². The maximum absolute atomic E-state index is 4.62. The molecule has 1 fully saturated rings. The molecule has 7 heteroatoms. The third kappa shape index (κ3) is 3.77. The number of aromatic nitrogens is 3. The minimum absolute atomic E-state index is 0.209. The first-order valence-corrected chi connectivity index (χ1v) is 9.04. The summed E-state index contributed by atoms with van der Waals surface area (Å²) in [6.45, 7) is 4.28. The Morgan fingerprint density at radius 2 is 2.12 bits per heavy atom.